The zero-order valence-electron chi connectivity index (χ0n) is 13.3. The lowest BCUT2D eigenvalue weighted by atomic mass is 10.1. The highest BCUT2D eigenvalue weighted by atomic mass is 16.1. The van der Waals surface area contributed by atoms with Crippen LogP contribution in [0.25, 0.3) is 5.69 Å². The average molecular weight is 305 g/mol. The van der Waals surface area contributed by atoms with E-state index in [9.17, 15) is 4.79 Å². The van der Waals surface area contributed by atoms with E-state index in [1.807, 2.05) is 55.5 Å². The Labute approximate surface area is 135 Å². The van der Waals surface area contributed by atoms with Crippen LogP contribution in [0.15, 0.2) is 64.4 Å². The second-order valence-corrected chi connectivity index (χ2v) is 5.37. The molecular formula is C19H19N3O. The van der Waals surface area contributed by atoms with Crippen molar-refractivity contribution in [2.24, 2.45) is 4.99 Å². The molecule has 116 valence electrons. The maximum absolute atomic E-state index is 12.6. The third-order valence-electron chi connectivity index (χ3n) is 3.84. The van der Waals surface area contributed by atoms with E-state index < -0.39 is 0 Å². The van der Waals surface area contributed by atoms with Crippen LogP contribution in [-0.2, 0) is 6.42 Å². The van der Waals surface area contributed by atoms with Gasteiger partial charge < -0.3 is 0 Å². The highest BCUT2D eigenvalue weighted by Crippen LogP contribution is 2.19. The van der Waals surface area contributed by atoms with E-state index in [2.05, 4.69) is 23.1 Å². The summed E-state index contributed by atoms with van der Waals surface area (Å²) in [4.78, 5) is 17.1. The van der Waals surface area contributed by atoms with Gasteiger partial charge in [0.2, 0.25) is 0 Å². The van der Waals surface area contributed by atoms with E-state index in [1.54, 1.807) is 10.9 Å². The van der Waals surface area contributed by atoms with Crippen LogP contribution in [0.1, 0.15) is 23.7 Å². The number of H-pyrrole nitrogens is 1. The molecule has 0 fully saturated rings. The molecule has 23 heavy (non-hydrogen) atoms. The lowest BCUT2D eigenvalue weighted by Gasteiger charge is -2.00. The highest BCUT2D eigenvalue weighted by molar-refractivity contribution is 5.83. The number of hydrogen-bond donors (Lipinski definition) is 1. The summed E-state index contributed by atoms with van der Waals surface area (Å²) < 4.78 is 1.54. The number of nitrogens with one attached hydrogen (secondary N) is 1. The average Bonchev–Trinajstić information content (AvgIpc) is 2.88. The number of nitrogens with zero attached hydrogens (tertiary/aromatic N) is 2. The smallest absolute Gasteiger partial charge is 0.280 e. The first-order chi connectivity index (χ1) is 11.2. The number of aliphatic imine (C=N–C) groups is 1. The van der Waals surface area contributed by atoms with Gasteiger partial charge in [-0.3, -0.25) is 14.9 Å². The normalized spacial score (nSPS) is 11.2. The van der Waals surface area contributed by atoms with E-state index in [0.717, 1.165) is 23.5 Å². The van der Waals surface area contributed by atoms with Crippen LogP contribution in [0.5, 0.6) is 0 Å². The van der Waals surface area contributed by atoms with Crippen LogP contribution in [0.3, 0.4) is 0 Å². The molecule has 2 aromatic carbocycles. The monoisotopic (exact) mass is 305 g/mol. The maximum Gasteiger partial charge on any atom is 0.280 e. The van der Waals surface area contributed by atoms with Gasteiger partial charge in [0, 0.05) is 11.9 Å². The molecule has 3 aromatic rings. The Balaban J connectivity index is 2.00. The predicted molar refractivity (Wildman–Crippen MR) is 94.2 cm³/mol. The van der Waals surface area contributed by atoms with Crippen molar-refractivity contribution >= 4 is 11.9 Å². The number of rotatable bonds is 4. The van der Waals surface area contributed by atoms with Crippen LogP contribution in [-0.4, -0.2) is 16.0 Å². The SMILES string of the molecule is CCc1ccccc1N=Cc1c(C)[nH]n(-c2ccccc2)c1=O. The van der Waals surface area contributed by atoms with Gasteiger partial charge in [-0.2, -0.15) is 0 Å². The summed E-state index contributed by atoms with van der Waals surface area (Å²) in [6.07, 6.45) is 2.57. The summed E-state index contributed by atoms with van der Waals surface area (Å²) >= 11 is 0. The Kier molecular flexibility index (Phi) is 4.24. The quantitative estimate of drug-likeness (QED) is 0.733. The molecule has 0 amide bonds. The molecule has 4 heteroatoms. The topological polar surface area (TPSA) is 50.1 Å². The number of aromatic nitrogens is 2. The second kappa shape index (κ2) is 6.48. The molecule has 0 unspecified atom stereocenters. The van der Waals surface area contributed by atoms with Crippen molar-refractivity contribution in [3.05, 3.63) is 81.8 Å². The van der Waals surface area contributed by atoms with Gasteiger partial charge in [0.25, 0.3) is 5.56 Å². The molecule has 1 aromatic heterocycles. The summed E-state index contributed by atoms with van der Waals surface area (Å²) in [5, 5.41) is 3.11. The fourth-order valence-corrected chi connectivity index (χ4v) is 2.54. The van der Waals surface area contributed by atoms with E-state index in [4.69, 9.17) is 0 Å². The van der Waals surface area contributed by atoms with Crippen LogP contribution < -0.4 is 5.56 Å². The molecule has 0 saturated heterocycles. The first-order valence-corrected chi connectivity index (χ1v) is 7.69. The summed E-state index contributed by atoms with van der Waals surface area (Å²) in [6.45, 7) is 3.98. The van der Waals surface area contributed by atoms with Gasteiger partial charge in [-0.15, -0.1) is 0 Å². The fourth-order valence-electron chi connectivity index (χ4n) is 2.54. The van der Waals surface area contributed by atoms with E-state index >= 15 is 0 Å². The minimum absolute atomic E-state index is 0.0913. The fraction of sp³-hybridized carbons (Fsp3) is 0.158. The summed E-state index contributed by atoms with van der Waals surface area (Å²) in [6, 6.07) is 17.5. The molecule has 1 N–H and O–H groups in total. The third-order valence-corrected chi connectivity index (χ3v) is 3.84. The zero-order valence-corrected chi connectivity index (χ0v) is 13.3. The van der Waals surface area contributed by atoms with Crippen molar-refractivity contribution in [1.29, 1.82) is 0 Å². The molecule has 0 aliphatic heterocycles. The van der Waals surface area contributed by atoms with Crippen LogP contribution in [0.4, 0.5) is 5.69 Å². The number of aryl methyl sites for hydroxylation is 2. The third kappa shape index (κ3) is 3.01. The maximum atomic E-state index is 12.6. The first-order valence-electron chi connectivity index (χ1n) is 7.69. The van der Waals surface area contributed by atoms with Crippen molar-refractivity contribution in [3.63, 3.8) is 0 Å². The molecule has 0 radical (unpaired) electrons. The summed E-state index contributed by atoms with van der Waals surface area (Å²) in [5.74, 6) is 0. The van der Waals surface area contributed by atoms with Gasteiger partial charge >= 0.3 is 0 Å². The lowest BCUT2D eigenvalue weighted by molar-refractivity contribution is 0.835. The molecular weight excluding hydrogens is 286 g/mol. The van der Waals surface area contributed by atoms with Gasteiger partial charge in [0.1, 0.15) is 0 Å². The van der Waals surface area contributed by atoms with Gasteiger partial charge in [-0.1, -0.05) is 43.3 Å². The van der Waals surface area contributed by atoms with Gasteiger partial charge in [-0.25, -0.2) is 4.68 Å². The Morgan fingerprint density at radius 2 is 1.78 bits per heavy atom. The van der Waals surface area contributed by atoms with Crippen molar-refractivity contribution < 1.29 is 0 Å². The minimum Gasteiger partial charge on any atom is -0.295 e. The van der Waals surface area contributed by atoms with Crippen LogP contribution in [0.2, 0.25) is 0 Å². The Bertz CT molecular complexity index is 888. The molecule has 0 spiro atoms. The molecule has 0 aliphatic carbocycles. The van der Waals surface area contributed by atoms with Crippen LogP contribution >= 0.6 is 0 Å². The van der Waals surface area contributed by atoms with E-state index in [1.165, 1.54) is 5.56 Å². The number of benzene rings is 2. The molecule has 4 nitrogen and oxygen atoms in total. The summed E-state index contributed by atoms with van der Waals surface area (Å²) in [7, 11) is 0. The molecule has 0 bridgehead atoms. The molecule has 0 saturated carbocycles. The van der Waals surface area contributed by atoms with E-state index in [-0.39, 0.29) is 5.56 Å². The number of para-hydroxylation sites is 2. The minimum atomic E-state index is -0.0913. The molecule has 3 rings (SSSR count). The van der Waals surface area contributed by atoms with Crippen molar-refractivity contribution in [1.82, 2.24) is 9.78 Å². The van der Waals surface area contributed by atoms with Gasteiger partial charge in [-0.05, 0) is 37.1 Å². The number of hydrogen-bond acceptors (Lipinski definition) is 2. The van der Waals surface area contributed by atoms with Crippen molar-refractivity contribution in [2.75, 3.05) is 0 Å². The van der Waals surface area contributed by atoms with Gasteiger partial charge in [0.05, 0.1) is 16.9 Å². The summed E-state index contributed by atoms with van der Waals surface area (Å²) in [5.41, 5.74) is 4.18. The van der Waals surface area contributed by atoms with E-state index in [0.29, 0.717) is 5.56 Å². The van der Waals surface area contributed by atoms with Crippen LogP contribution in [0, 0.1) is 6.92 Å². The molecule has 1 heterocycles. The lowest BCUT2D eigenvalue weighted by Crippen LogP contribution is -2.17. The second-order valence-electron chi connectivity index (χ2n) is 5.37. The zero-order chi connectivity index (χ0) is 16.2. The number of aromatic amines is 1. The highest BCUT2D eigenvalue weighted by Gasteiger charge is 2.10. The Morgan fingerprint density at radius 3 is 2.52 bits per heavy atom. The predicted octanol–water partition coefficient (Wildman–Crippen LogP) is 3.79. The Hall–Kier alpha value is -2.88. The first kappa shape index (κ1) is 15.0. The largest absolute Gasteiger partial charge is 0.295 e. The van der Waals surface area contributed by atoms with Crippen molar-refractivity contribution in [2.45, 2.75) is 20.3 Å². The standard InChI is InChI=1S/C19H19N3O/c1-3-15-9-7-8-12-18(15)20-13-17-14(2)21-22(19(17)23)16-10-5-4-6-11-16/h4-13,21H,3H2,1-2H3. The Morgan fingerprint density at radius 1 is 1.09 bits per heavy atom. The molecule has 0 atom stereocenters. The molecule has 0 aliphatic rings. The van der Waals surface area contributed by atoms with Gasteiger partial charge in [0.15, 0.2) is 0 Å². The van der Waals surface area contributed by atoms with Crippen molar-refractivity contribution in [3.8, 4) is 5.69 Å².